The van der Waals surface area contributed by atoms with Crippen LogP contribution in [0.25, 0.3) is 0 Å². The van der Waals surface area contributed by atoms with Crippen molar-refractivity contribution in [2.45, 2.75) is 26.2 Å². The standard InChI is InChI=1S/C9H17O6PS/c1-8(2)9(10)14-6-4-3-5-7-17-15-16(11,12)13/h1,3-7H2,2H3,(H2,11,12,13). The van der Waals surface area contributed by atoms with Crippen LogP contribution in [0.5, 0.6) is 0 Å². The summed E-state index contributed by atoms with van der Waals surface area (Å²) in [5.74, 6) is 0.0868. The van der Waals surface area contributed by atoms with Gasteiger partial charge in [0.2, 0.25) is 0 Å². The van der Waals surface area contributed by atoms with E-state index in [1.54, 1.807) is 6.92 Å². The van der Waals surface area contributed by atoms with Crippen molar-refractivity contribution >= 4 is 25.8 Å². The van der Waals surface area contributed by atoms with Gasteiger partial charge in [-0.05, 0) is 26.2 Å². The van der Waals surface area contributed by atoms with Crippen LogP contribution in [0, 0.1) is 0 Å². The second-order valence-corrected chi connectivity index (χ2v) is 5.59. The van der Waals surface area contributed by atoms with Crippen LogP contribution in [0.15, 0.2) is 12.2 Å². The van der Waals surface area contributed by atoms with Gasteiger partial charge >= 0.3 is 13.8 Å². The zero-order valence-electron chi connectivity index (χ0n) is 9.63. The van der Waals surface area contributed by atoms with Crippen LogP contribution in [-0.2, 0) is 18.1 Å². The van der Waals surface area contributed by atoms with Crippen LogP contribution < -0.4 is 0 Å². The summed E-state index contributed by atoms with van der Waals surface area (Å²) in [5.41, 5.74) is 0.371. The maximum atomic E-state index is 11.0. The number of carbonyl (C=O) groups is 1. The molecule has 100 valence electrons. The molecule has 0 radical (unpaired) electrons. The van der Waals surface area contributed by atoms with Gasteiger partial charge in [0.15, 0.2) is 0 Å². The third kappa shape index (κ3) is 11.9. The average molecular weight is 284 g/mol. The van der Waals surface area contributed by atoms with E-state index in [0.29, 0.717) is 24.4 Å². The Bertz CT molecular complexity index is 300. The largest absolute Gasteiger partial charge is 0.480 e. The number of rotatable bonds is 9. The molecule has 0 saturated heterocycles. The van der Waals surface area contributed by atoms with E-state index in [1.165, 1.54) is 0 Å². The molecule has 0 aliphatic heterocycles. The zero-order chi connectivity index (χ0) is 13.3. The van der Waals surface area contributed by atoms with Gasteiger partial charge in [-0.3, -0.25) is 0 Å². The number of esters is 1. The van der Waals surface area contributed by atoms with Crippen molar-refractivity contribution in [1.29, 1.82) is 0 Å². The summed E-state index contributed by atoms with van der Waals surface area (Å²) in [6.45, 7) is 5.36. The molecule has 0 rings (SSSR count). The predicted octanol–water partition coefficient (Wildman–Crippen LogP) is 2.03. The van der Waals surface area contributed by atoms with Gasteiger partial charge < -0.3 is 14.5 Å². The number of hydrogen-bond acceptors (Lipinski definition) is 5. The van der Waals surface area contributed by atoms with E-state index in [1.807, 2.05) is 0 Å². The third-order valence-corrected chi connectivity index (χ3v) is 3.26. The minimum atomic E-state index is -4.37. The molecule has 0 aliphatic rings. The molecule has 0 unspecified atom stereocenters. The van der Waals surface area contributed by atoms with Crippen molar-refractivity contribution in [2.24, 2.45) is 0 Å². The molecule has 6 nitrogen and oxygen atoms in total. The summed E-state index contributed by atoms with van der Waals surface area (Å²) in [6.07, 6.45) is 2.23. The Morgan fingerprint density at radius 3 is 2.53 bits per heavy atom. The Labute approximate surface area is 105 Å². The molecule has 17 heavy (non-hydrogen) atoms. The molecule has 0 bridgehead atoms. The fourth-order valence-corrected chi connectivity index (χ4v) is 2.00. The lowest BCUT2D eigenvalue weighted by Gasteiger charge is -2.04. The average Bonchev–Trinajstić information content (AvgIpc) is 2.19. The minimum absolute atomic E-state index is 0.329. The number of ether oxygens (including phenoxy) is 1. The Hall–Kier alpha value is -0.330. The lowest BCUT2D eigenvalue weighted by Crippen LogP contribution is -2.06. The smallest absolute Gasteiger partial charge is 0.462 e. The highest BCUT2D eigenvalue weighted by Gasteiger charge is 2.13. The van der Waals surface area contributed by atoms with Gasteiger partial charge in [0.25, 0.3) is 0 Å². The monoisotopic (exact) mass is 284 g/mol. The van der Waals surface area contributed by atoms with E-state index in [0.717, 1.165) is 24.9 Å². The number of unbranched alkanes of at least 4 members (excludes halogenated alkanes) is 2. The Morgan fingerprint density at radius 1 is 1.35 bits per heavy atom. The highest BCUT2D eigenvalue weighted by atomic mass is 32.2. The van der Waals surface area contributed by atoms with Gasteiger partial charge in [-0.25, -0.2) is 13.3 Å². The first-order valence-corrected chi connectivity index (χ1v) is 7.46. The van der Waals surface area contributed by atoms with Gasteiger partial charge in [-0.15, -0.1) is 0 Å². The van der Waals surface area contributed by atoms with E-state index >= 15 is 0 Å². The van der Waals surface area contributed by atoms with Crippen molar-refractivity contribution < 1.29 is 27.9 Å². The molecule has 2 N–H and O–H groups in total. The lowest BCUT2D eigenvalue weighted by atomic mass is 10.3. The molecular weight excluding hydrogens is 267 g/mol. The van der Waals surface area contributed by atoms with Gasteiger partial charge in [0.05, 0.1) is 6.61 Å². The van der Waals surface area contributed by atoms with Crippen molar-refractivity contribution in [2.75, 3.05) is 12.4 Å². The maximum absolute atomic E-state index is 11.0. The van der Waals surface area contributed by atoms with Gasteiger partial charge in [-0.2, -0.15) is 0 Å². The highest BCUT2D eigenvalue weighted by Crippen LogP contribution is 2.40. The van der Waals surface area contributed by atoms with Crippen LogP contribution >= 0.6 is 19.9 Å². The topological polar surface area (TPSA) is 93.1 Å². The summed E-state index contributed by atoms with van der Waals surface area (Å²) in [4.78, 5) is 27.7. The van der Waals surface area contributed by atoms with Gasteiger partial charge in [-0.1, -0.05) is 6.58 Å². The van der Waals surface area contributed by atoms with Crippen molar-refractivity contribution in [1.82, 2.24) is 0 Å². The first-order valence-electron chi connectivity index (χ1n) is 5.02. The molecular formula is C9H17O6PS. The minimum Gasteiger partial charge on any atom is -0.462 e. The Morgan fingerprint density at radius 2 is 2.00 bits per heavy atom. The first-order chi connectivity index (χ1) is 7.83. The second-order valence-electron chi connectivity index (χ2n) is 3.36. The molecule has 0 saturated carbocycles. The van der Waals surface area contributed by atoms with Crippen LogP contribution in [0.3, 0.4) is 0 Å². The molecule has 0 aromatic rings. The molecule has 0 fully saturated rings. The number of phosphoric acid groups is 1. The fourth-order valence-electron chi connectivity index (χ4n) is 0.834. The molecule has 0 aliphatic carbocycles. The van der Waals surface area contributed by atoms with E-state index < -0.39 is 13.8 Å². The van der Waals surface area contributed by atoms with Crippen LogP contribution in [-0.4, -0.2) is 28.1 Å². The van der Waals surface area contributed by atoms with Crippen LogP contribution in [0.1, 0.15) is 26.2 Å². The Kier molecular flexibility index (Phi) is 8.55. The summed E-state index contributed by atoms with van der Waals surface area (Å²) >= 11 is 0.744. The number of hydrogen-bond donors (Lipinski definition) is 2. The van der Waals surface area contributed by atoms with Gasteiger partial charge in [0, 0.05) is 23.4 Å². The Balaban J connectivity index is 3.28. The highest BCUT2D eigenvalue weighted by molar-refractivity contribution is 7.97. The van der Waals surface area contributed by atoms with Gasteiger partial charge in [0.1, 0.15) is 0 Å². The van der Waals surface area contributed by atoms with E-state index in [9.17, 15) is 9.36 Å². The second kappa shape index (κ2) is 8.72. The van der Waals surface area contributed by atoms with Crippen LogP contribution in [0.4, 0.5) is 0 Å². The lowest BCUT2D eigenvalue weighted by molar-refractivity contribution is -0.139. The first kappa shape index (κ1) is 16.7. The molecule has 8 heteroatoms. The van der Waals surface area contributed by atoms with Crippen LogP contribution in [0.2, 0.25) is 0 Å². The SMILES string of the molecule is C=C(C)C(=O)OCCCCCSOP(=O)(O)O. The maximum Gasteiger partial charge on any atom is 0.480 e. The third-order valence-electron chi connectivity index (χ3n) is 1.60. The number of carbonyl (C=O) groups excluding carboxylic acids is 1. The molecule has 0 aromatic carbocycles. The van der Waals surface area contributed by atoms with Crippen molar-refractivity contribution in [3.63, 3.8) is 0 Å². The molecule has 0 spiro atoms. The van der Waals surface area contributed by atoms with Crippen molar-refractivity contribution in [3.05, 3.63) is 12.2 Å². The summed E-state index contributed by atoms with van der Waals surface area (Å²) in [6, 6.07) is 0. The summed E-state index contributed by atoms with van der Waals surface area (Å²) in [5, 5.41) is 0. The quantitative estimate of drug-likeness (QED) is 0.220. The van der Waals surface area contributed by atoms with E-state index in [-0.39, 0.29) is 0 Å². The zero-order valence-corrected chi connectivity index (χ0v) is 11.3. The van der Waals surface area contributed by atoms with E-state index in [2.05, 4.69) is 10.5 Å². The van der Waals surface area contributed by atoms with Crippen molar-refractivity contribution in [3.8, 4) is 0 Å². The predicted molar refractivity (Wildman–Crippen MR) is 65.2 cm³/mol. The fraction of sp³-hybridized carbons (Fsp3) is 0.667. The molecule has 0 heterocycles. The summed E-state index contributed by atoms with van der Waals surface area (Å²) < 4.78 is 19.3. The summed E-state index contributed by atoms with van der Waals surface area (Å²) in [7, 11) is -4.37. The molecule has 0 amide bonds. The normalized spacial score (nSPS) is 11.2. The molecule has 0 atom stereocenters. The van der Waals surface area contributed by atoms with E-state index in [4.69, 9.17) is 14.5 Å². The molecule has 0 aromatic heterocycles.